The maximum atomic E-state index is 13.0. The normalized spacial score (nSPS) is 12.0. The van der Waals surface area contributed by atoms with Gasteiger partial charge in [-0.25, -0.2) is 9.18 Å². The molecule has 1 unspecified atom stereocenters. The van der Waals surface area contributed by atoms with Gasteiger partial charge in [-0.3, -0.25) is 4.79 Å². The second-order valence-electron chi connectivity index (χ2n) is 5.06. The highest BCUT2D eigenvalue weighted by atomic mass is 32.1. The van der Waals surface area contributed by atoms with Crippen LogP contribution in [0.25, 0.3) is 10.4 Å². The van der Waals surface area contributed by atoms with Gasteiger partial charge in [0.1, 0.15) is 11.9 Å². The van der Waals surface area contributed by atoms with Crippen LogP contribution in [0.1, 0.15) is 22.2 Å². The molecule has 0 saturated carbocycles. The number of thiophene rings is 1. The van der Waals surface area contributed by atoms with Crippen LogP contribution in [0.3, 0.4) is 0 Å². The van der Waals surface area contributed by atoms with Crippen LogP contribution >= 0.6 is 11.3 Å². The molecule has 116 valence electrons. The minimum atomic E-state index is -1.05. The number of carboxylic acids is 1. The number of aryl methyl sites for hydroxylation is 1. The first-order chi connectivity index (χ1) is 10.3. The van der Waals surface area contributed by atoms with Crippen LogP contribution in [-0.2, 0) is 4.79 Å². The number of benzene rings is 1. The molecule has 0 spiro atoms. The lowest BCUT2D eigenvalue weighted by molar-refractivity contribution is -0.141. The molecule has 2 rings (SSSR count). The standard InChI is InChI=1S/C16H16FNO3S/c1-9-8-13(15(19)18(3)10(2)16(20)21)22-14(9)11-4-6-12(17)7-5-11/h4-8,10H,1-3H3,(H,20,21). The van der Waals surface area contributed by atoms with E-state index in [0.717, 1.165) is 16.0 Å². The van der Waals surface area contributed by atoms with Crippen molar-refractivity contribution in [3.63, 3.8) is 0 Å². The number of hydrogen-bond donors (Lipinski definition) is 1. The third-order valence-electron chi connectivity index (χ3n) is 3.49. The van der Waals surface area contributed by atoms with E-state index < -0.39 is 12.0 Å². The molecule has 0 fully saturated rings. The summed E-state index contributed by atoms with van der Waals surface area (Å²) < 4.78 is 13.0. The minimum Gasteiger partial charge on any atom is -0.480 e. The van der Waals surface area contributed by atoms with Crippen molar-refractivity contribution < 1.29 is 19.1 Å². The predicted molar refractivity (Wildman–Crippen MR) is 83.6 cm³/mol. The van der Waals surface area contributed by atoms with E-state index in [-0.39, 0.29) is 11.7 Å². The Labute approximate surface area is 131 Å². The summed E-state index contributed by atoms with van der Waals surface area (Å²) in [7, 11) is 1.47. The molecule has 1 atom stereocenters. The van der Waals surface area contributed by atoms with Crippen LogP contribution in [0.2, 0.25) is 0 Å². The van der Waals surface area contributed by atoms with Crippen LogP contribution in [0.4, 0.5) is 4.39 Å². The SMILES string of the molecule is Cc1cc(C(=O)N(C)C(C)C(=O)O)sc1-c1ccc(F)cc1. The van der Waals surface area contributed by atoms with E-state index in [9.17, 15) is 14.0 Å². The van der Waals surface area contributed by atoms with Gasteiger partial charge >= 0.3 is 5.97 Å². The van der Waals surface area contributed by atoms with Crippen LogP contribution in [0, 0.1) is 12.7 Å². The van der Waals surface area contributed by atoms with Crippen molar-refractivity contribution in [2.24, 2.45) is 0 Å². The number of hydrogen-bond acceptors (Lipinski definition) is 3. The Morgan fingerprint density at radius 2 is 1.86 bits per heavy atom. The molecule has 0 aliphatic rings. The van der Waals surface area contributed by atoms with Crippen LogP contribution in [0.5, 0.6) is 0 Å². The maximum absolute atomic E-state index is 13.0. The lowest BCUT2D eigenvalue weighted by Crippen LogP contribution is -2.39. The highest BCUT2D eigenvalue weighted by molar-refractivity contribution is 7.17. The summed E-state index contributed by atoms with van der Waals surface area (Å²) in [6.07, 6.45) is 0. The van der Waals surface area contributed by atoms with E-state index >= 15 is 0 Å². The molecule has 1 aromatic carbocycles. The van der Waals surface area contributed by atoms with Crippen molar-refractivity contribution in [3.05, 3.63) is 46.6 Å². The van der Waals surface area contributed by atoms with Crippen molar-refractivity contribution in [2.75, 3.05) is 7.05 Å². The van der Waals surface area contributed by atoms with E-state index in [1.54, 1.807) is 18.2 Å². The van der Waals surface area contributed by atoms with Gasteiger partial charge in [0.25, 0.3) is 5.91 Å². The molecule has 22 heavy (non-hydrogen) atoms. The van der Waals surface area contributed by atoms with E-state index in [2.05, 4.69) is 0 Å². The smallest absolute Gasteiger partial charge is 0.326 e. The molecule has 0 aliphatic heterocycles. The average molecular weight is 321 g/mol. The summed E-state index contributed by atoms with van der Waals surface area (Å²) in [5.74, 6) is -1.71. The number of rotatable bonds is 4. The van der Waals surface area contributed by atoms with Gasteiger partial charge in [0.15, 0.2) is 0 Å². The highest BCUT2D eigenvalue weighted by Crippen LogP contribution is 2.33. The fraction of sp³-hybridized carbons (Fsp3) is 0.250. The van der Waals surface area contributed by atoms with Crippen molar-refractivity contribution >= 4 is 23.2 Å². The molecule has 1 heterocycles. The van der Waals surface area contributed by atoms with E-state index in [1.165, 1.54) is 42.3 Å². The van der Waals surface area contributed by atoms with E-state index in [1.807, 2.05) is 6.92 Å². The van der Waals surface area contributed by atoms with Gasteiger partial charge < -0.3 is 10.0 Å². The molecule has 0 bridgehead atoms. The summed E-state index contributed by atoms with van der Waals surface area (Å²) in [6.45, 7) is 3.33. The van der Waals surface area contributed by atoms with Gasteiger partial charge in [0.05, 0.1) is 4.88 Å². The van der Waals surface area contributed by atoms with E-state index in [4.69, 9.17) is 5.11 Å². The Morgan fingerprint density at radius 1 is 1.27 bits per heavy atom. The topological polar surface area (TPSA) is 57.6 Å². The third-order valence-corrected chi connectivity index (χ3v) is 4.77. The lowest BCUT2D eigenvalue weighted by Gasteiger charge is -2.20. The zero-order chi connectivity index (χ0) is 16.4. The number of halogens is 1. The van der Waals surface area contributed by atoms with Gasteiger partial charge in [0, 0.05) is 11.9 Å². The first-order valence-electron chi connectivity index (χ1n) is 6.67. The molecule has 1 N–H and O–H groups in total. The molecule has 6 heteroatoms. The molecule has 0 saturated heterocycles. The second-order valence-corrected chi connectivity index (χ2v) is 6.11. The number of nitrogens with zero attached hydrogens (tertiary/aromatic N) is 1. The fourth-order valence-electron chi connectivity index (χ4n) is 1.99. The van der Waals surface area contributed by atoms with Crippen molar-refractivity contribution in [1.82, 2.24) is 4.90 Å². The number of amides is 1. The third kappa shape index (κ3) is 3.17. The lowest BCUT2D eigenvalue weighted by atomic mass is 10.1. The Balaban J connectivity index is 2.31. The molecule has 2 aromatic rings. The quantitative estimate of drug-likeness (QED) is 0.939. The van der Waals surface area contributed by atoms with E-state index in [0.29, 0.717) is 4.88 Å². The molecular formula is C16H16FNO3S. The summed E-state index contributed by atoms with van der Waals surface area (Å²) in [5, 5.41) is 8.99. The molecule has 1 amide bonds. The van der Waals surface area contributed by atoms with Crippen molar-refractivity contribution in [3.8, 4) is 10.4 Å². The largest absolute Gasteiger partial charge is 0.480 e. The second kappa shape index (κ2) is 6.27. The first-order valence-corrected chi connectivity index (χ1v) is 7.49. The zero-order valence-corrected chi connectivity index (χ0v) is 13.3. The van der Waals surface area contributed by atoms with Crippen molar-refractivity contribution in [2.45, 2.75) is 19.9 Å². The Morgan fingerprint density at radius 3 is 2.41 bits per heavy atom. The summed E-state index contributed by atoms with van der Waals surface area (Å²) in [5.41, 5.74) is 1.73. The summed E-state index contributed by atoms with van der Waals surface area (Å²) >= 11 is 1.28. The number of carbonyl (C=O) groups excluding carboxylic acids is 1. The minimum absolute atomic E-state index is 0.315. The van der Waals surface area contributed by atoms with Gasteiger partial charge in [-0.1, -0.05) is 12.1 Å². The molecule has 0 aliphatic carbocycles. The monoisotopic (exact) mass is 321 g/mol. The fourth-order valence-corrected chi connectivity index (χ4v) is 3.15. The molecule has 0 radical (unpaired) electrons. The molecule has 4 nitrogen and oxygen atoms in total. The highest BCUT2D eigenvalue weighted by Gasteiger charge is 2.24. The van der Waals surface area contributed by atoms with Crippen molar-refractivity contribution in [1.29, 1.82) is 0 Å². The number of aliphatic carboxylic acids is 1. The molecule has 1 aromatic heterocycles. The number of carbonyl (C=O) groups is 2. The van der Waals surface area contributed by atoms with Gasteiger partial charge in [-0.2, -0.15) is 0 Å². The first kappa shape index (κ1) is 16.2. The summed E-state index contributed by atoms with van der Waals surface area (Å²) in [6, 6.07) is 6.89. The zero-order valence-electron chi connectivity index (χ0n) is 12.5. The molecular weight excluding hydrogens is 305 g/mol. The van der Waals surface area contributed by atoms with Crippen LogP contribution in [-0.4, -0.2) is 35.0 Å². The Hall–Kier alpha value is -2.21. The Kier molecular flexibility index (Phi) is 4.61. The van der Waals surface area contributed by atoms with Gasteiger partial charge in [0.2, 0.25) is 0 Å². The number of carboxylic acid groups (broad SMARTS) is 1. The average Bonchev–Trinajstić information content (AvgIpc) is 2.87. The van der Waals surface area contributed by atoms with Crippen LogP contribution < -0.4 is 0 Å². The Bertz CT molecular complexity index is 709. The van der Waals surface area contributed by atoms with Crippen LogP contribution in [0.15, 0.2) is 30.3 Å². The maximum Gasteiger partial charge on any atom is 0.326 e. The van der Waals surface area contributed by atoms with Gasteiger partial charge in [-0.05, 0) is 43.2 Å². The van der Waals surface area contributed by atoms with Gasteiger partial charge in [-0.15, -0.1) is 11.3 Å². The summed E-state index contributed by atoms with van der Waals surface area (Å²) in [4.78, 5) is 25.9. The predicted octanol–water partition coefficient (Wildman–Crippen LogP) is 3.41. The number of likely N-dealkylation sites (N-methyl/N-ethyl adjacent to an activating group) is 1.